The molecule has 1 aliphatic carbocycles. The highest BCUT2D eigenvalue weighted by Crippen LogP contribution is 2.45. The molecule has 2 atom stereocenters. The maximum Gasteiger partial charge on any atom is 0.136 e. The summed E-state index contributed by atoms with van der Waals surface area (Å²) in [7, 11) is 0. The van der Waals surface area contributed by atoms with Crippen LogP contribution in [0.4, 0.5) is 0 Å². The highest BCUT2D eigenvalue weighted by Gasteiger charge is 2.25. The summed E-state index contributed by atoms with van der Waals surface area (Å²) in [5.41, 5.74) is 19.5. The molecule has 11 rings (SSSR count). The van der Waals surface area contributed by atoms with Crippen LogP contribution in [0, 0.1) is 0 Å². The van der Waals surface area contributed by atoms with E-state index in [1.807, 2.05) is 0 Å². The first-order valence-electron chi connectivity index (χ1n) is 21.5. The van der Waals surface area contributed by atoms with Crippen molar-refractivity contribution in [1.82, 2.24) is 0 Å². The van der Waals surface area contributed by atoms with Crippen molar-refractivity contribution in [2.75, 3.05) is 0 Å². The Bertz CT molecular complexity index is 3060. The van der Waals surface area contributed by atoms with E-state index in [-0.39, 0.29) is 6.04 Å². The first-order valence-corrected chi connectivity index (χ1v) is 21.5. The molecule has 0 bridgehead atoms. The first-order chi connectivity index (χ1) is 29.7. The number of allylic oxidation sites excluding steroid dienone is 2. The molecule has 9 aromatic rings. The second-order valence-electron chi connectivity index (χ2n) is 16.4. The van der Waals surface area contributed by atoms with Gasteiger partial charge in [0, 0.05) is 16.7 Å². The Kier molecular flexibility index (Phi) is 9.39. The van der Waals surface area contributed by atoms with Gasteiger partial charge in [0.15, 0.2) is 0 Å². The van der Waals surface area contributed by atoms with Gasteiger partial charge in [-0.15, -0.1) is 0 Å². The van der Waals surface area contributed by atoms with E-state index < -0.39 is 0 Å². The highest BCUT2D eigenvalue weighted by molar-refractivity contribution is 6.14. The lowest BCUT2D eigenvalue weighted by atomic mass is 9.84. The van der Waals surface area contributed by atoms with Gasteiger partial charge < -0.3 is 4.42 Å². The summed E-state index contributed by atoms with van der Waals surface area (Å²) in [6.07, 6.45) is 7.53. The van der Waals surface area contributed by atoms with Crippen LogP contribution < -0.4 is 0 Å². The highest BCUT2D eigenvalue weighted by atomic mass is 16.3. The molecule has 2 heteroatoms. The topological polar surface area (TPSA) is 25.5 Å². The van der Waals surface area contributed by atoms with E-state index in [1.54, 1.807) is 0 Å². The predicted molar refractivity (Wildman–Crippen MR) is 251 cm³/mol. The van der Waals surface area contributed by atoms with Crippen molar-refractivity contribution in [2.45, 2.75) is 44.1 Å². The third kappa shape index (κ3) is 6.78. The fourth-order valence-electron chi connectivity index (χ4n) is 9.80. The van der Waals surface area contributed by atoms with E-state index in [2.05, 4.69) is 200 Å². The molecular weight excluding hydrogens is 727 g/mol. The van der Waals surface area contributed by atoms with Crippen LogP contribution in [0.2, 0.25) is 0 Å². The molecule has 2 heterocycles. The number of benzene rings is 8. The molecule has 2 unspecified atom stereocenters. The number of aryl methyl sites for hydroxylation is 1. The maximum absolute atomic E-state index is 6.58. The Balaban J connectivity index is 0.995. The second-order valence-corrected chi connectivity index (χ2v) is 16.4. The largest absolute Gasteiger partial charge is 0.456 e. The van der Waals surface area contributed by atoms with Crippen LogP contribution in [0.3, 0.4) is 0 Å². The quantitative estimate of drug-likeness (QED) is 0.165. The van der Waals surface area contributed by atoms with Crippen molar-refractivity contribution >= 4 is 33.2 Å². The second kappa shape index (κ2) is 15.6. The van der Waals surface area contributed by atoms with E-state index in [9.17, 15) is 0 Å². The average molecular weight is 772 g/mol. The fourth-order valence-corrected chi connectivity index (χ4v) is 9.80. The zero-order valence-corrected chi connectivity index (χ0v) is 33.6. The first kappa shape index (κ1) is 36.1. The molecule has 2 aliphatic rings. The van der Waals surface area contributed by atoms with Crippen LogP contribution in [0.1, 0.15) is 71.0 Å². The SMILES string of the molecule is C1=C(c2ccccc2)CCCC(c2cccc(-c3cccc4oc5ccc(-c6ccc7c(c6)-c6ccccc6CCC7c6ccccc6)cc5c34)c2)N=C1c1ccccc1. The minimum absolute atomic E-state index is 0.0421. The van der Waals surface area contributed by atoms with Gasteiger partial charge in [0.25, 0.3) is 0 Å². The van der Waals surface area contributed by atoms with E-state index in [1.165, 1.54) is 66.8 Å². The van der Waals surface area contributed by atoms with Gasteiger partial charge in [-0.05, 0) is 141 Å². The van der Waals surface area contributed by atoms with Crippen molar-refractivity contribution in [3.05, 3.63) is 234 Å². The van der Waals surface area contributed by atoms with Crippen LogP contribution in [0.5, 0.6) is 0 Å². The number of aliphatic imine (C=N–C) groups is 1. The summed E-state index contributed by atoms with van der Waals surface area (Å²) >= 11 is 0. The molecule has 1 aliphatic heterocycles. The van der Waals surface area contributed by atoms with Gasteiger partial charge >= 0.3 is 0 Å². The average Bonchev–Trinajstić information content (AvgIpc) is 3.60. The maximum atomic E-state index is 6.58. The summed E-state index contributed by atoms with van der Waals surface area (Å²) in [5.74, 6) is 0.350. The van der Waals surface area contributed by atoms with Crippen LogP contribution in [0.15, 0.2) is 210 Å². The van der Waals surface area contributed by atoms with E-state index in [0.717, 1.165) is 65.3 Å². The molecule has 0 spiro atoms. The van der Waals surface area contributed by atoms with Gasteiger partial charge in [0.05, 0.1) is 11.8 Å². The number of rotatable bonds is 6. The standard InChI is InChI=1S/C58H45NO/c1-4-15-39(16-5-1)43-22-13-27-54(59-55(38-43)42-20-8-3-9-21-42)47-24-12-23-46(35-47)50-26-14-28-57-58(50)53-37-45(31-34-56(53)60-57)44-30-33-51-49(40-17-6-2-7-18-40)32-29-41-19-10-11-25-48(41)52(51)36-44/h1-12,14-21,23-26,28,30-31,33-38,49,54H,13,22,27,29,32H2. The summed E-state index contributed by atoms with van der Waals surface area (Å²) < 4.78 is 6.58. The third-order valence-electron chi connectivity index (χ3n) is 12.8. The van der Waals surface area contributed by atoms with Gasteiger partial charge in [-0.2, -0.15) is 0 Å². The molecule has 8 aromatic carbocycles. The molecule has 0 saturated carbocycles. The van der Waals surface area contributed by atoms with E-state index >= 15 is 0 Å². The molecule has 0 saturated heterocycles. The molecule has 0 N–H and O–H groups in total. The number of furan rings is 1. The van der Waals surface area contributed by atoms with Crippen LogP contribution in [-0.4, -0.2) is 5.71 Å². The Morgan fingerprint density at radius 2 is 1.13 bits per heavy atom. The van der Waals surface area contributed by atoms with Crippen molar-refractivity contribution in [2.24, 2.45) is 4.99 Å². The summed E-state index contributed by atoms with van der Waals surface area (Å²) in [4.78, 5) is 5.53. The Morgan fingerprint density at radius 3 is 1.98 bits per heavy atom. The molecule has 2 nitrogen and oxygen atoms in total. The molecular formula is C58H45NO. The smallest absolute Gasteiger partial charge is 0.136 e. The lowest BCUT2D eigenvalue weighted by molar-refractivity contribution is 0.621. The summed E-state index contributed by atoms with van der Waals surface area (Å²) in [5, 5.41) is 2.28. The molecule has 1 aromatic heterocycles. The molecule has 0 fully saturated rings. The van der Waals surface area contributed by atoms with Crippen molar-refractivity contribution < 1.29 is 4.42 Å². The zero-order valence-electron chi connectivity index (χ0n) is 33.6. The van der Waals surface area contributed by atoms with Crippen molar-refractivity contribution in [3.63, 3.8) is 0 Å². The minimum Gasteiger partial charge on any atom is -0.456 e. The van der Waals surface area contributed by atoms with Gasteiger partial charge in [0.1, 0.15) is 11.2 Å². The number of nitrogens with zero attached hydrogens (tertiary/aromatic N) is 1. The Morgan fingerprint density at radius 1 is 0.450 bits per heavy atom. The van der Waals surface area contributed by atoms with Gasteiger partial charge in [-0.3, -0.25) is 4.99 Å². The fraction of sp³-hybridized carbons (Fsp3) is 0.121. The molecule has 288 valence electrons. The Labute approximate surface area is 352 Å². The van der Waals surface area contributed by atoms with Gasteiger partial charge in [-0.1, -0.05) is 164 Å². The van der Waals surface area contributed by atoms with Crippen molar-refractivity contribution in [3.8, 4) is 33.4 Å². The van der Waals surface area contributed by atoms with Gasteiger partial charge in [-0.25, -0.2) is 0 Å². The normalized spacial score (nSPS) is 16.5. The zero-order chi connectivity index (χ0) is 39.8. The summed E-state index contributed by atoms with van der Waals surface area (Å²) in [6, 6.07) is 70.9. The lowest BCUT2D eigenvalue weighted by Crippen LogP contribution is -2.07. The van der Waals surface area contributed by atoms with Crippen molar-refractivity contribution in [1.29, 1.82) is 0 Å². The number of fused-ring (bicyclic) bond motifs is 6. The monoisotopic (exact) mass is 771 g/mol. The van der Waals surface area contributed by atoms with Crippen LogP contribution >= 0.6 is 0 Å². The molecule has 0 amide bonds. The van der Waals surface area contributed by atoms with E-state index in [0.29, 0.717) is 5.92 Å². The van der Waals surface area contributed by atoms with E-state index in [4.69, 9.17) is 9.41 Å². The minimum atomic E-state index is 0.0421. The number of hydrogen-bond acceptors (Lipinski definition) is 2. The summed E-state index contributed by atoms with van der Waals surface area (Å²) in [6.45, 7) is 0. The predicted octanol–water partition coefficient (Wildman–Crippen LogP) is 15.5. The Hall–Kier alpha value is -7.03. The third-order valence-corrected chi connectivity index (χ3v) is 12.8. The lowest BCUT2D eigenvalue weighted by Gasteiger charge is -2.20. The van der Waals surface area contributed by atoms with Crippen LogP contribution in [0.25, 0.3) is 60.9 Å². The molecule has 60 heavy (non-hydrogen) atoms. The van der Waals surface area contributed by atoms with Gasteiger partial charge in [0.2, 0.25) is 0 Å². The number of hydrogen-bond donors (Lipinski definition) is 0. The molecule has 0 radical (unpaired) electrons. The van der Waals surface area contributed by atoms with Crippen LogP contribution in [-0.2, 0) is 6.42 Å².